The van der Waals surface area contributed by atoms with Gasteiger partial charge in [-0.1, -0.05) is 31.0 Å². The molecule has 168 valence electrons. The Bertz CT molecular complexity index is 1220. The predicted molar refractivity (Wildman–Crippen MR) is 124 cm³/mol. The summed E-state index contributed by atoms with van der Waals surface area (Å²) in [4.78, 5) is 18.0. The summed E-state index contributed by atoms with van der Waals surface area (Å²) in [7, 11) is -0.723. The molecule has 1 saturated carbocycles. The first-order chi connectivity index (χ1) is 15.4. The maximum Gasteiger partial charge on any atom is 0.248 e. The number of anilines is 1. The van der Waals surface area contributed by atoms with Crippen LogP contribution in [0, 0.1) is 0 Å². The lowest BCUT2D eigenvalue weighted by molar-refractivity contribution is -0.118. The summed E-state index contributed by atoms with van der Waals surface area (Å²) in [6.45, 7) is 0. The molecule has 1 aliphatic rings. The van der Waals surface area contributed by atoms with Crippen LogP contribution in [0.4, 0.5) is 5.13 Å². The van der Waals surface area contributed by atoms with Crippen LogP contribution in [0.2, 0.25) is 0 Å². The second kappa shape index (κ2) is 8.91. The molecule has 9 heteroatoms. The third kappa shape index (κ3) is 3.86. The maximum absolute atomic E-state index is 13.4. The first kappa shape index (κ1) is 22.3. The Hall–Kier alpha value is -2.91. The number of amides is 1. The highest BCUT2D eigenvalue weighted by molar-refractivity contribution is 7.93. The number of nitrogens with one attached hydrogen (secondary N) is 1. The van der Waals surface area contributed by atoms with Gasteiger partial charge in [-0.15, -0.1) is 11.3 Å². The molecule has 1 heterocycles. The molecule has 1 aliphatic carbocycles. The molecule has 3 aromatic rings. The number of aromatic nitrogens is 1. The number of sulfone groups is 1. The molecular weight excluding hydrogens is 448 g/mol. The third-order valence-corrected chi connectivity index (χ3v) is 9.07. The van der Waals surface area contributed by atoms with Crippen LogP contribution in [-0.2, 0) is 14.6 Å². The standard InChI is InChI=1S/C23H24N2O5S2/c1-29-19-11-10-16(14-20(19)30-2)18-15-31-22(24-18)25-21(26)23(12-6-7-13-23)32(27,28)17-8-4-3-5-9-17/h3-5,8-11,14-15H,6-7,12-13H2,1-2H3,(H,24,25,26). The van der Waals surface area contributed by atoms with Crippen LogP contribution < -0.4 is 14.8 Å². The lowest BCUT2D eigenvalue weighted by Gasteiger charge is -2.27. The van der Waals surface area contributed by atoms with Crippen molar-refractivity contribution in [2.75, 3.05) is 19.5 Å². The van der Waals surface area contributed by atoms with E-state index in [2.05, 4.69) is 10.3 Å². The Morgan fingerprint density at radius 1 is 1.03 bits per heavy atom. The van der Waals surface area contributed by atoms with Crippen molar-refractivity contribution in [3.8, 4) is 22.8 Å². The van der Waals surface area contributed by atoms with E-state index in [1.165, 1.54) is 11.3 Å². The monoisotopic (exact) mass is 472 g/mol. The van der Waals surface area contributed by atoms with Crippen LogP contribution in [0.1, 0.15) is 25.7 Å². The minimum Gasteiger partial charge on any atom is -0.493 e. The van der Waals surface area contributed by atoms with E-state index in [1.54, 1.807) is 56.7 Å². The number of carbonyl (C=O) groups is 1. The quantitative estimate of drug-likeness (QED) is 0.542. The first-order valence-electron chi connectivity index (χ1n) is 10.2. The van der Waals surface area contributed by atoms with Gasteiger partial charge >= 0.3 is 0 Å². The first-order valence-corrected chi connectivity index (χ1v) is 12.6. The molecule has 32 heavy (non-hydrogen) atoms. The number of methoxy groups -OCH3 is 2. The highest BCUT2D eigenvalue weighted by atomic mass is 32.2. The number of rotatable bonds is 7. The van der Waals surface area contributed by atoms with E-state index in [1.807, 2.05) is 11.4 Å². The highest BCUT2D eigenvalue weighted by Crippen LogP contribution is 2.42. The number of nitrogens with zero attached hydrogens (tertiary/aromatic N) is 1. The van der Waals surface area contributed by atoms with Gasteiger partial charge in [0.1, 0.15) is 0 Å². The molecule has 0 unspecified atom stereocenters. The summed E-state index contributed by atoms with van der Waals surface area (Å²) in [5, 5.41) is 4.94. The van der Waals surface area contributed by atoms with Crippen molar-refractivity contribution < 1.29 is 22.7 Å². The van der Waals surface area contributed by atoms with Crippen LogP contribution in [0.15, 0.2) is 58.8 Å². The Morgan fingerprint density at radius 3 is 2.38 bits per heavy atom. The average molecular weight is 473 g/mol. The predicted octanol–water partition coefficient (Wildman–Crippen LogP) is 4.55. The summed E-state index contributed by atoms with van der Waals surface area (Å²) in [6, 6.07) is 13.6. The largest absolute Gasteiger partial charge is 0.493 e. The van der Waals surface area contributed by atoms with Crippen molar-refractivity contribution in [2.24, 2.45) is 0 Å². The molecule has 4 rings (SSSR count). The normalized spacial score (nSPS) is 15.3. The number of ether oxygens (including phenoxy) is 2. The Labute approximate surface area is 191 Å². The van der Waals surface area contributed by atoms with Crippen LogP contribution in [0.5, 0.6) is 11.5 Å². The fourth-order valence-electron chi connectivity index (χ4n) is 4.06. The number of hydrogen-bond donors (Lipinski definition) is 1. The molecule has 1 N–H and O–H groups in total. The van der Waals surface area contributed by atoms with E-state index in [9.17, 15) is 13.2 Å². The van der Waals surface area contributed by atoms with Crippen molar-refractivity contribution in [1.82, 2.24) is 4.98 Å². The van der Waals surface area contributed by atoms with Crippen molar-refractivity contribution in [3.63, 3.8) is 0 Å². The summed E-state index contributed by atoms with van der Waals surface area (Å²) in [5.74, 6) is 0.656. The third-order valence-electron chi connectivity index (χ3n) is 5.80. The van der Waals surface area contributed by atoms with Crippen LogP contribution in [-0.4, -0.2) is 38.3 Å². The average Bonchev–Trinajstić information content (AvgIpc) is 3.50. The Balaban J connectivity index is 1.61. The number of carbonyl (C=O) groups excluding carboxylic acids is 1. The summed E-state index contributed by atoms with van der Waals surface area (Å²) in [5.41, 5.74) is 1.45. The molecule has 0 radical (unpaired) electrons. The van der Waals surface area contributed by atoms with E-state index >= 15 is 0 Å². The van der Waals surface area contributed by atoms with Crippen molar-refractivity contribution in [1.29, 1.82) is 0 Å². The van der Waals surface area contributed by atoms with Gasteiger partial charge in [-0.3, -0.25) is 4.79 Å². The van der Waals surface area contributed by atoms with E-state index in [0.717, 1.165) is 5.56 Å². The minimum atomic E-state index is -3.85. The van der Waals surface area contributed by atoms with Gasteiger partial charge in [-0.2, -0.15) is 0 Å². The van der Waals surface area contributed by atoms with Gasteiger partial charge < -0.3 is 14.8 Å². The lowest BCUT2D eigenvalue weighted by Crippen LogP contribution is -2.47. The van der Waals surface area contributed by atoms with Crippen LogP contribution in [0.3, 0.4) is 0 Å². The SMILES string of the molecule is COc1ccc(-c2csc(NC(=O)C3(S(=O)(=O)c4ccccc4)CCCC3)n2)cc1OC. The van der Waals surface area contributed by atoms with Crippen LogP contribution in [0.25, 0.3) is 11.3 Å². The maximum atomic E-state index is 13.4. The molecule has 1 fully saturated rings. The molecule has 0 bridgehead atoms. The van der Waals surface area contributed by atoms with Gasteiger partial charge in [0, 0.05) is 10.9 Å². The molecular formula is C23H24N2O5S2. The van der Waals surface area contributed by atoms with E-state index in [-0.39, 0.29) is 4.90 Å². The molecule has 0 spiro atoms. The van der Waals surface area contributed by atoms with Crippen molar-refractivity contribution >= 4 is 32.2 Å². The van der Waals surface area contributed by atoms with Crippen molar-refractivity contribution in [2.45, 2.75) is 35.3 Å². The van der Waals surface area contributed by atoms with Gasteiger partial charge in [-0.05, 0) is 43.2 Å². The molecule has 0 atom stereocenters. The molecule has 0 saturated heterocycles. The smallest absolute Gasteiger partial charge is 0.248 e. The van der Waals surface area contributed by atoms with Gasteiger partial charge in [0.05, 0.1) is 24.8 Å². The Morgan fingerprint density at radius 2 is 1.72 bits per heavy atom. The highest BCUT2D eigenvalue weighted by Gasteiger charge is 2.53. The molecule has 1 amide bonds. The molecule has 7 nitrogen and oxygen atoms in total. The van der Waals surface area contributed by atoms with Gasteiger partial charge in [0.2, 0.25) is 5.91 Å². The fraction of sp³-hybridized carbons (Fsp3) is 0.304. The van der Waals surface area contributed by atoms with E-state index < -0.39 is 20.5 Å². The van der Waals surface area contributed by atoms with E-state index in [0.29, 0.717) is 48.0 Å². The van der Waals surface area contributed by atoms with Gasteiger partial charge in [-0.25, -0.2) is 13.4 Å². The summed E-state index contributed by atoms with van der Waals surface area (Å²) in [6.07, 6.45) is 1.97. The molecule has 0 aliphatic heterocycles. The van der Waals surface area contributed by atoms with E-state index in [4.69, 9.17) is 9.47 Å². The second-order valence-electron chi connectivity index (χ2n) is 7.58. The topological polar surface area (TPSA) is 94.6 Å². The number of benzene rings is 2. The van der Waals surface area contributed by atoms with Gasteiger partial charge in [0.15, 0.2) is 31.2 Å². The Kier molecular flexibility index (Phi) is 6.21. The van der Waals surface area contributed by atoms with Crippen LogP contribution >= 0.6 is 11.3 Å². The minimum absolute atomic E-state index is 0.169. The number of thiazole rings is 1. The number of hydrogen-bond acceptors (Lipinski definition) is 7. The zero-order chi connectivity index (χ0) is 22.8. The second-order valence-corrected chi connectivity index (χ2v) is 10.7. The molecule has 1 aromatic heterocycles. The lowest BCUT2D eigenvalue weighted by atomic mass is 10.1. The summed E-state index contributed by atoms with van der Waals surface area (Å²) < 4.78 is 36.0. The fourth-order valence-corrected chi connectivity index (χ4v) is 6.86. The zero-order valence-electron chi connectivity index (χ0n) is 17.8. The molecule has 2 aromatic carbocycles. The van der Waals surface area contributed by atoms with Crippen molar-refractivity contribution in [3.05, 3.63) is 53.9 Å². The summed E-state index contributed by atoms with van der Waals surface area (Å²) >= 11 is 1.25. The zero-order valence-corrected chi connectivity index (χ0v) is 19.5. The van der Waals surface area contributed by atoms with Gasteiger partial charge in [0.25, 0.3) is 0 Å².